The standard InChI is InChI=1S/C10H14FN.C2H6/c1-2-3-5-8-6-4-7-9(11)10(8)12;1-2/h4,6-7H,2-3,5,12H2,1H3;1-2H3. The van der Waals surface area contributed by atoms with Crippen molar-refractivity contribution in [2.75, 3.05) is 5.73 Å². The summed E-state index contributed by atoms with van der Waals surface area (Å²) in [4.78, 5) is 0. The second-order valence-corrected chi connectivity index (χ2v) is 2.92. The highest BCUT2D eigenvalue weighted by Gasteiger charge is 2.02. The molecule has 0 bridgehead atoms. The molecule has 0 aliphatic rings. The van der Waals surface area contributed by atoms with Gasteiger partial charge in [-0.3, -0.25) is 0 Å². The van der Waals surface area contributed by atoms with Crippen molar-refractivity contribution in [2.24, 2.45) is 0 Å². The molecule has 0 unspecified atom stereocenters. The number of hydrogen-bond acceptors (Lipinski definition) is 1. The fourth-order valence-corrected chi connectivity index (χ4v) is 1.17. The Morgan fingerprint density at radius 3 is 2.50 bits per heavy atom. The van der Waals surface area contributed by atoms with Crippen LogP contribution < -0.4 is 5.73 Å². The smallest absolute Gasteiger partial charge is 0.146 e. The fourth-order valence-electron chi connectivity index (χ4n) is 1.17. The van der Waals surface area contributed by atoms with E-state index in [2.05, 4.69) is 6.92 Å². The van der Waals surface area contributed by atoms with Gasteiger partial charge in [0.1, 0.15) is 5.82 Å². The number of halogens is 1. The van der Waals surface area contributed by atoms with Crippen LogP contribution in [0.1, 0.15) is 39.2 Å². The van der Waals surface area contributed by atoms with E-state index in [0.29, 0.717) is 5.69 Å². The number of nitrogen functional groups attached to an aromatic ring is 1. The lowest BCUT2D eigenvalue weighted by Crippen LogP contribution is -1.97. The zero-order chi connectivity index (χ0) is 11.0. The maximum atomic E-state index is 12.9. The Labute approximate surface area is 86.1 Å². The molecule has 80 valence electrons. The Bertz CT molecular complexity index is 258. The van der Waals surface area contributed by atoms with E-state index < -0.39 is 0 Å². The molecule has 0 aliphatic heterocycles. The number of unbranched alkanes of at least 4 members (excludes halogenated alkanes) is 1. The second kappa shape index (κ2) is 7.36. The van der Waals surface area contributed by atoms with Gasteiger partial charge in [0.25, 0.3) is 0 Å². The van der Waals surface area contributed by atoms with Crippen LogP contribution in [0.3, 0.4) is 0 Å². The average molecular weight is 197 g/mol. The highest BCUT2D eigenvalue weighted by Crippen LogP contribution is 2.17. The summed E-state index contributed by atoms with van der Waals surface area (Å²) in [5.74, 6) is -0.302. The lowest BCUT2D eigenvalue weighted by Gasteiger charge is -2.04. The van der Waals surface area contributed by atoms with Gasteiger partial charge in [0.15, 0.2) is 0 Å². The van der Waals surface area contributed by atoms with Gasteiger partial charge >= 0.3 is 0 Å². The van der Waals surface area contributed by atoms with Crippen LogP contribution in [0.15, 0.2) is 18.2 Å². The zero-order valence-electron chi connectivity index (χ0n) is 9.31. The van der Waals surface area contributed by atoms with Crippen molar-refractivity contribution < 1.29 is 4.39 Å². The minimum absolute atomic E-state index is 0.302. The number of nitrogens with two attached hydrogens (primary N) is 1. The second-order valence-electron chi connectivity index (χ2n) is 2.92. The van der Waals surface area contributed by atoms with Crippen molar-refractivity contribution in [3.05, 3.63) is 29.6 Å². The van der Waals surface area contributed by atoms with Crippen LogP contribution in [-0.4, -0.2) is 0 Å². The van der Waals surface area contributed by atoms with Crippen molar-refractivity contribution in [1.29, 1.82) is 0 Å². The molecule has 1 rings (SSSR count). The topological polar surface area (TPSA) is 26.0 Å². The third-order valence-electron chi connectivity index (χ3n) is 1.94. The molecule has 0 radical (unpaired) electrons. The van der Waals surface area contributed by atoms with E-state index in [9.17, 15) is 4.39 Å². The van der Waals surface area contributed by atoms with Crippen LogP contribution in [0, 0.1) is 5.82 Å². The summed E-state index contributed by atoms with van der Waals surface area (Å²) in [5, 5.41) is 0. The number of hydrogen-bond donors (Lipinski definition) is 1. The summed E-state index contributed by atoms with van der Waals surface area (Å²) < 4.78 is 12.9. The van der Waals surface area contributed by atoms with Gasteiger partial charge < -0.3 is 5.73 Å². The van der Waals surface area contributed by atoms with Gasteiger partial charge in [-0.25, -0.2) is 4.39 Å². The van der Waals surface area contributed by atoms with Gasteiger partial charge in [0, 0.05) is 0 Å². The molecular weight excluding hydrogens is 177 g/mol. The van der Waals surface area contributed by atoms with E-state index in [1.807, 2.05) is 19.9 Å². The number of para-hydroxylation sites is 1. The average Bonchev–Trinajstić information content (AvgIpc) is 2.23. The Morgan fingerprint density at radius 2 is 1.93 bits per heavy atom. The van der Waals surface area contributed by atoms with Gasteiger partial charge in [-0.1, -0.05) is 39.3 Å². The first kappa shape index (κ1) is 12.9. The molecule has 2 heteroatoms. The Hall–Kier alpha value is -1.05. The van der Waals surface area contributed by atoms with Crippen molar-refractivity contribution in [2.45, 2.75) is 40.0 Å². The number of anilines is 1. The number of rotatable bonds is 3. The molecule has 0 aromatic heterocycles. The van der Waals surface area contributed by atoms with Crippen LogP contribution >= 0.6 is 0 Å². The summed E-state index contributed by atoms with van der Waals surface area (Å²) in [5.41, 5.74) is 6.79. The summed E-state index contributed by atoms with van der Waals surface area (Å²) in [6.07, 6.45) is 3.05. The number of aryl methyl sites for hydroxylation is 1. The SMILES string of the molecule is CC.CCCCc1cccc(F)c1N. The minimum atomic E-state index is -0.302. The molecule has 14 heavy (non-hydrogen) atoms. The van der Waals surface area contributed by atoms with Gasteiger partial charge in [-0.15, -0.1) is 0 Å². The molecule has 0 saturated heterocycles. The van der Waals surface area contributed by atoms with Crippen LogP contribution in [0.4, 0.5) is 10.1 Å². The molecule has 1 nitrogen and oxygen atoms in total. The van der Waals surface area contributed by atoms with Crippen LogP contribution in [0.25, 0.3) is 0 Å². The van der Waals surface area contributed by atoms with Gasteiger partial charge in [-0.2, -0.15) is 0 Å². The van der Waals surface area contributed by atoms with E-state index in [-0.39, 0.29) is 5.82 Å². The highest BCUT2D eigenvalue weighted by molar-refractivity contribution is 5.47. The lowest BCUT2D eigenvalue weighted by molar-refractivity contribution is 0.629. The molecule has 0 spiro atoms. The van der Waals surface area contributed by atoms with Gasteiger partial charge in [0.05, 0.1) is 5.69 Å². The normalized spacial score (nSPS) is 9.14. The van der Waals surface area contributed by atoms with E-state index >= 15 is 0 Å². The third-order valence-corrected chi connectivity index (χ3v) is 1.94. The van der Waals surface area contributed by atoms with E-state index in [1.165, 1.54) is 6.07 Å². The first-order valence-electron chi connectivity index (χ1n) is 5.28. The summed E-state index contributed by atoms with van der Waals surface area (Å²) >= 11 is 0. The maximum Gasteiger partial charge on any atom is 0.146 e. The van der Waals surface area contributed by atoms with Gasteiger partial charge in [0.2, 0.25) is 0 Å². The third kappa shape index (κ3) is 3.77. The number of benzene rings is 1. The van der Waals surface area contributed by atoms with E-state index in [0.717, 1.165) is 24.8 Å². The Kier molecular flexibility index (Phi) is 6.81. The maximum absolute atomic E-state index is 12.9. The van der Waals surface area contributed by atoms with Crippen LogP contribution in [0.5, 0.6) is 0 Å². The molecule has 2 N–H and O–H groups in total. The molecular formula is C12H20FN. The molecule has 0 saturated carbocycles. The molecule has 0 fully saturated rings. The zero-order valence-corrected chi connectivity index (χ0v) is 9.31. The predicted molar refractivity (Wildman–Crippen MR) is 60.8 cm³/mol. The first-order valence-corrected chi connectivity index (χ1v) is 5.28. The quantitative estimate of drug-likeness (QED) is 0.733. The van der Waals surface area contributed by atoms with Crippen LogP contribution in [0.2, 0.25) is 0 Å². The molecule has 1 aromatic rings. The molecule has 0 aliphatic carbocycles. The monoisotopic (exact) mass is 197 g/mol. The molecule has 0 amide bonds. The Morgan fingerprint density at radius 1 is 1.29 bits per heavy atom. The molecule has 0 atom stereocenters. The minimum Gasteiger partial charge on any atom is -0.396 e. The lowest BCUT2D eigenvalue weighted by atomic mass is 10.1. The largest absolute Gasteiger partial charge is 0.396 e. The molecule has 1 aromatic carbocycles. The van der Waals surface area contributed by atoms with Crippen molar-refractivity contribution in [3.8, 4) is 0 Å². The summed E-state index contributed by atoms with van der Waals surface area (Å²) in [6.45, 7) is 6.11. The van der Waals surface area contributed by atoms with Crippen molar-refractivity contribution in [1.82, 2.24) is 0 Å². The Balaban J connectivity index is 0.000000791. The van der Waals surface area contributed by atoms with Crippen molar-refractivity contribution >= 4 is 5.69 Å². The van der Waals surface area contributed by atoms with E-state index in [1.54, 1.807) is 6.07 Å². The predicted octanol–water partition coefficient (Wildman–Crippen LogP) is 3.78. The summed E-state index contributed by atoms with van der Waals surface area (Å²) in [7, 11) is 0. The van der Waals surface area contributed by atoms with E-state index in [4.69, 9.17) is 5.73 Å². The van der Waals surface area contributed by atoms with Crippen molar-refractivity contribution in [3.63, 3.8) is 0 Å². The van der Waals surface area contributed by atoms with Gasteiger partial charge in [-0.05, 0) is 24.5 Å². The highest BCUT2D eigenvalue weighted by atomic mass is 19.1. The van der Waals surface area contributed by atoms with Crippen LogP contribution in [-0.2, 0) is 6.42 Å². The fraction of sp³-hybridized carbons (Fsp3) is 0.500. The first-order chi connectivity index (χ1) is 6.75. The molecule has 0 heterocycles. The summed E-state index contributed by atoms with van der Waals surface area (Å²) in [6, 6.07) is 4.98.